The van der Waals surface area contributed by atoms with Crippen LogP contribution in [0.15, 0.2) is 12.3 Å². The molecule has 5 nitrogen and oxygen atoms in total. The summed E-state index contributed by atoms with van der Waals surface area (Å²) in [6.45, 7) is 0.526. The number of hydrogen-bond donors (Lipinski definition) is 3. The van der Waals surface area contributed by atoms with Crippen LogP contribution >= 0.6 is 0 Å². The van der Waals surface area contributed by atoms with E-state index >= 15 is 0 Å². The van der Waals surface area contributed by atoms with Gasteiger partial charge in [-0.3, -0.25) is 9.89 Å². The molecule has 0 radical (unpaired) electrons. The minimum Gasteiger partial charge on any atom is -0.350 e. The highest BCUT2D eigenvalue weighted by molar-refractivity contribution is 5.77. The van der Waals surface area contributed by atoms with E-state index in [2.05, 4.69) is 20.8 Å². The number of nitrogens with zero attached hydrogens (tertiary/aromatic N) is 1. The predicted octanol–water partition coefficient (Wildman–Crippen LogP) is 1.34. The smallest absolute Gasteiger partial charge is 0.222 e. The molecule has 3 N–H and O–H groups in total. The molecule has 0 atom stereocenters. The summed E-state index contributed by atoms with van der Waals surface area (Å²) in [7, 11) is 1.97. The second kappa shape index (κ2) is 6.00. The zero-order valence-electron chi connectivity index (χ0n) is 11.0. The topological polar surface area (TPSA) is 69.8 Å². The first-order chi connectivity index (χ1) is 8.74. The van der Waals surface area contributed by atoms with Crippen molar-refractivity contribution in [3.8, 4) is 0 Å². The summed E-state index contributed by atoms with van der Waals surface area (Å²) in [4.78, 5) is 12.0. The van der Waals surface area contributed by atoms with Crippen molar-refractivity contribution in [2.24, 2.45) is 0 Å². The van der Waals surface area contributed by atoms with E-state index in [4.69, 9.17) is 0 Å². The lowest BCUT2D eigenvalue weighted by Gasteiger charge is -2.36. The summed E-state index contributed by atoms with van der Waals surface area (Å²) in [6, 6.07) is 1.87. The lowest BCUT2D eigenvalue weighted by atomic mass is 9.79. The van der Waals surface area contributed by atoms with Crippen LogP contribution in [0.3, 0.4) is 0 Å². The molecule has 0 saturated heterocycles. The van der Waals surface area contributed by atoms with E-state index in [1.165, 1.54) is 19.3 Å². The molecule has 1 aromatic rings. The number of carbonyl (C=O) groups is 1. The van der Waals surface area contributed by atoms with Gasteiger partial charge in [0, 0.05) is 18.2 Å². The lowest BCUT2D eigenvalue weighted by Crippen LogP contribution is -2.48. The number of H-pyrrole nitrogens is 1. The molecule has 1 aliphatic rings. The van der Waals surface area contributed by atoms with Crippen LogP contribution in [-0.4, -0.2) is 28.7 Å². The van der Waals surface area contributed by atoms with Crippen molar-refractivity contribution >= 4 is 5.91 Å². The molecule has 1 heterocycles. The molecule has 0 unspecified atom stereocenters. The highest BCUT2D eigenvalue weighted by Crippen LogP contribution is 2.30. The van der Waals surface area contributed by atoms with Gasteiger partial charge in [0.15, 0.2) is 0 Å². The summed E-state index contributed by atoms with van der Waals surface area (Å²) in [5.41, 5.74) is 0.946. The summed E-state index contributed by atoms with van der Waals surface area (Å²) >= 11 is 0. The first kappa shape index (κ1) is 13.1. The van der Waals surface area contributed by atoms with Crippen molar-refractivity contribution < 1.29 is 4.79 Å². The van der Waals surface area contributed by atoms with E-state index in [9.17, 15) is 4.79 Å². The van der Waals surface area contributed by atoms with E-state index in [1.54, 1.807) is 6.20 Å². The minimum absolute atomic E-state index is 0.0102. The Morgan fingerprint density at radius 1 is 1.44 bits per heavy atom. The Kier molecular flexibility index (Phi) is 4.36. The van der Waals surface area contributed by atoms with Gasteiger partial charge in [-0.05, 0) is 26.0 Å². The van der Waals surface area contributed by atoms with Gasteiger partial charge in [0.2, 0.25) is 5.91 Å². The maximum Gasteiger partial charge on any atom is 0.222 e. The third-order valence-corrected chi connectivity index (χ3v) is 3.87. The van der Waals surface area contributed by atoms with Gasteiger partial charge in [-0.25, -0.2) is 0 Å². The fraction of sp³-hybridized carbons (Fsp3) is 0.692. The first-order valence-corrected chi connectivity index (χ1v) is 6.68. The Bertz CT molecular complexity index is 368. The molecule has 1 aliphatic carbocycles. The predicted molar refractivity (Wildman–Crippen MR) is 69.9 cm³/mol. The molecule has 1 saturated carbocycles. The average Bonchev–Trinajstić information content (AvgIpc) is 2.91. The maximum absolute atomic E-state index is 12.0. The fourth-order valence-electron chi connectivity index (χ4n) is 2.69. The van der Waals surface area contributed by atoms with Crippen LogP contribution in [0.1, 0.15) is 44.2 Å². The summed E-state index contributed by atoms with van der Waals surface area (Å²) < 4.78 is 0. The second-order valence-electron chi connectivity index (χ2n) is 5.13. The molecule has 2 rings (SSSR count). The van der Waals surface area contributed by atoms with E-state index in [-0.39, 0.29) is 11.4 Å². The number of aromatic nitrogens is 2. The molecule has 18 heavy (non-hydrogen) atoms. The third-order valence-electron chi connectivity index (χ3n) is 3.87. The van der Waals surface area contributed by atoms with E-state index in [0.29, 0.717) is 13.0 Å². The van der Waals surface area contributed by atoms with Gasteiger partial charge in [0.05, 0.1) is 12.2 Å². The minimum atomic E-state index is 0.0102. The molecule has 0 aromatic carbocycles. The van der Waals surface area contributed by atoms with Gasteiger partial charge in [-0.1, -0.05) is 19.3 Å². The zero-order valence-corrected chi connectivity index (χ0v) is 11.0. The van der Waals surface area contributed by atoms with Gasteiger partial charge in [-0.2, -0.15) is 5.10 Å². The largest absolute Gasteiger partial charge is 0.350 e. The van der Waals surface area contributed by atoms with Crippen LogP contribution in [0.5, 0.6) is 0 Å². The van der Waals surface area contributed by atoms with Crippen molar-refractivity contribution in [1.82, 2.24) is 20.8 Å². The summed E-state index contributed by atoms with van der Waals surface area (Å²) in [5.74, 6) is 0.112. The van der Waals surface area contributed by atoms with Crippen molar-refractivity contribution in [1.29, 1.82) is 0 Å². The van der Waals surface area contributed by atoms with Crippen LogP contribution in [0.25, 0.3) is 0 Å². The summed E-state index contributed by atoms with van der Waals surface area (Å²) in [5, 5.41) is 13.0. The van der Waals surface area contributed by atoms with Gasteiger partial charge >= 0.3 is 0 Å². The Morgan fingerprint density at radius 2 is 2.22 bits per heavy atom. The molecular formula is C13H22N4O. The SMILES string of the molecule is CNC1(CC(=O)NCc2ccn[nH]2)CCCCC1. The van der Waals surface area contributed by atoms with Gasteiger partial charge in [-0.15, -0.1) is 0 Å². The monoisotopic (exact) mass is 250 g/mol. The molecule has 1 amide bonds. The molecule has 100 valence electrons. The van der Waals surface area contributed by atoms with E-state index in [0.717, 1.165) is 18.5 Å². The number of hydrogen-bond acceptors (Lipinski definition) is 3. The van der Waals surface area contributed by atoms with Crippen LogP contribution in [-0.2, 0) is 11.3 Å². The highest BCUT2D eigenvalue weighted by atomic mass is 16.1. The van der Waals surface area contributed by atoms with Crippen LogP contribution in [0, 0.1) is 0 Å². The lowest BCUT2D eigenvalue weighted by molar-refractivity contribution is -0.123. The maximum atomic E-state index is 12.0. The Labute approximate surface area is 108 Å². The van der Waals surface area contributed by atoms with Gasteiger partial charge in [0.1, 0.15) is 0 Å². The van der Waals surface area contributed by atoms with E-state index in [1.807, 2.05) is 13.1 Å². The summed E-state index contributed by atoms with van der Waals surface area (Å²) in [6.07, 6.45) is 8.18. The number of amides is 1. The van der Waals surface area contributed by atoms with Crippen LogP contribution in [0.2, 0.25) is 0 Å². The second-order valence-corrected chi connectivity index (χ2v) is 5.13. The molecule has 0 aliphatic heterocycles. The molecule has 0 bridgehead atoms. The number of rotatable bonds is 5. The van der Waals surface area contributed by atoms with Crippen molar-refractivity contribution in [3.05, 3.63) is 18.0 Å². The molecule has 0 spiro atoms. The van der Waals surface area contributed by atoms with Crippen molar-refractivity contribution in [2.75, 3.05) is 7.05 Å². The molecular weight excluding hydrogens is 228 g/mol. The van der Waals surface area contributed by atoms with Crippen molar-refractivity contribution in [2.45, 2.75) is 50.6 Å². The highest BCUT2D eigenvalue weighted by Gasteiger charge is 2.32. The van der Waals surface area contributed by atoms with Gasteiger partial charge in [0.25, 0.3) is 0 Å². The Balaban J connectivity index is 1.81. The average molecular weight is 250 g/mol. The number of nitrogens with one attached hydrogen (secondary N) is 3. The van der Waals surface area contributed by atoms with E-state index < -0.39 is 0 Å². The number of carbonyl (C=O) groups excluding carboxylic acids is 1. The van der Waals surface area contributed by atoms with Crippen LogP contribution < -0.4 is 10.6 Å². The first-order valence-electron chi connectivity index (χ1n) is 6.68. The van der Waals surface area contributed by atoms with Gasteiger partial charge < -0.3 is 10.6 Å². The normalized spacial score (nSPS) is 18.5. The van der Waals surface area contributed by atoms with Crippen molar-refractivity contribution in [3.63, 3.8) is 0 Å². The molecule has 5 heteroatoms. The quantitative estimate of drug-likeness (QED) is 0.738. The molecule has 1 aromatic heterocycles. The molecule has 1 fully saturated rings. The fourth-order valence-corrected chi connectivity index (χ4v) is 2.69. The Hall–Kier alpha value is -1.36. The number of aromatic amines is 1. The zero-order chi connectivity index (χ0) is 12.8. The third kappa shape index (κ3) is 3.32. The van der Waals surface area contributed by atoms with Crippen LogP contribution in [0.4, 0.5) is 0 Å². The Morgan fingerprint density at radius 3 is 2.83 bits per heavy atom. The standard InChI is InChI=1S/C13H22N4O/c1-14-13(6-3-2-4-7-13)9-12(18)15-10-11-5-8-16-17-11/h5,8,14H,2-4,6-7,9-10H2,1H3,(H,15,18)(H,16,17).